The number of aromatic nitrogens is 1. The molecule has 1 aliphatic rings. The Hall–Kier alpha value is -2.10. The number of nitrogens with zero attached hydrogens (tertiary/aromatic N) is 2. The number of nitrogens with one attached hydrogen (secondary N) is 2. The van der Waals surface area contributed by atoms with Crippen LogP contribution >= 0.6 is 0 Å². The number of benzene rings is 1. The van der Waals surface area contributed by atoms with E-state index in [-0.39, 0.29) is 0 Å². The van der Waals surface area contributed by atoms with E-state index in [1.807, 2.05) is 12.3 Å². The van der Waals surface area contributed by atoms with E-state index in [0.717, 1.165) is 18.2 Å². The third kappa shape index (κ3) is 3.56. The van der Waals surface area contributed by atoms with Crippen molar-refractivity contribution in [3.63, 3.8) is 0 Å². The van der Waals surface area contributed by atoms with Crippen LogP contribution in [0.1, 0.15) is 38.3 Å². The Morgan fingerprint density at radius 2 is 2.05 bits per heavy atom. The molecule has 1 heterocycles. The zero-order valence-corrected chi connectivity index (χ0v) is 13.2. The van der Waals surface area contributed by atoms with E-state index in [1.165, 1.54) is 36.5 Å². The van der Waals surface area contributed by atoms with Crippen LogP contribution in [-0.2, 0) is 6.54 Å². The summed E-state index contributed by atoms with van der Waals surface area (Å²) in [6, 6.07) is 11.0. The van der Waals surface area contributed by atoms with E-state index in [2.05, 4.69) is 46.8 Å². The van der Waals surface area contributed by atoms with Crippen LogP contribution < -0.4 is 10.6 Å². The average molecular weight is 296 g/mol. The molecule has 0 saturated heterocycles. The van der Waals surface area contributed by atoms with Crippen LogP contribution in [0.5, 0.6) is 0 Å². The lowest BCUT2D eigenvalue weighted by Gasteiger charge is -2.16. The standard InChI is InChI=1S/C18H24N4/c1-2-19-18(22-15-8-4-5-9-15)21-13-17-16-10-6-3-7-14(16)11-12-20-17/h3,6-7,10-12,15H,2,4-5,8-9,13H2,1H3,(H2,19,21,22). The summed E-state index contributed by atoms with van der Waals surface area (Å²) in [6.07, 6.45) is 7.00. The Morgan fingerprint density at radius 3 is 2.86 bits per heavy atom. The van der Waals surface area contributed by atoms with Crippen molar-refractivity contribution in [3.05, 3.63) is 42.2 Å². The first-order chi connectivity index (χ1) is 10.9. The quantitative estimate of drug-likeness (QED) is 0.673. The predicted molar refractivity (Wildman–Crippen MR) is 92.0 cm³/mol. The molecule has 1 saturated carbocycles. The van der Waals surface area contributed by atoms with Crippen molar-refractivity contribution in [2.45, 2.75) is 45.2 Å². The van der Waals surface area contributed by atoms with Crippen LogP contribution in [0, 0.1) is 0 Å². The topological polar surface area (TPSA) is 49.3 Å². The predicted octanol–water partition coefficient (Wildman–Crippen LogP) is 3.23. The number of aliphatic imine (C=N–C) groups is 1. The van der Waals surface area contributed by atoms with Gasteiger partial charge in [0.2, 0.25) is 0 Å². The van der Waals surface area contributed by atoms with Gasteiger partial charge in [0.05, 0.1) is 12.2 Å². The highest BCUT2D eigenvalue weighted by atomic mass is 15.2. The summed E-state index contributed by atoms with van der Waals surface area (Å²) in [4.78, 5) is 9.24. The SMILES string of the molecule is CCNC(=NCc1nccc2ccccc12)NC1CCCC1. The second kappa shape index (κ2) is 7.25. The molecule has 2 aromatic rings. The molecule has 4 heteroatoms. The van der Waals surface area contributed by atoms with Gasteiger partial charge in [-0.25, -0.2) is 4.99 Å². The minimum absolute atomic E-state index is 0.568. The van der Waals surface area contributed by atoms with E-state index in [4.69, 9.17) is 4.99 Å². The van der Waals surface area contributed by atoms with Gasteiger partial charge in [-0.1, -0.05) is 37.1 Å². The Morgan fingerprint density at radius 1 is 1.23 bits per heavy atom. The molecule has 0 aliphatic heterocycles. The lowest BCUT2D eigenvalue weighted by atomic mass is 10.1. The van der Waals surface area contributed by atoms with Gasteiger partial charge < -0.3 is 10.6 Å². The highest BCUT2D eigenvalue weighted by Gasteiger charge is 2.15. The molecule has 4 nitrogen and oxygen atoms in total. The second-order valence-electron chi connectivity index (χ2n) is 5.80. The molecule has 1 aromatic heterocycles. The number of rotatable bonds is 4. The van der Waals surface area contributed by atoms with Gasteiger partial charge in [0, 0.05) is 24.2 Å². The molecule has 1 aliphatic carbocycles. The Balaban J connectivity index is 1.76. The fourth-order valence-electron chi connectivity index (χ4n) is 3.05. The summed E-state index contributed by atoms with van der Waals surface area (Å²) < 4.78 is 0. The van der Waals surface area contributed by atoms with Crippen LogP contribution in [0.3, 0.4) is 0 Å². The molecular formula is C18H24N4. The van der Waals surface area contributed by atoms with Gasteiger partial charge in [0.25, 0.3) is 0 Å². The Labute approximate surface area is 132 Å². The molecule has 0 bridgehead atoms. The van der Waals surface area contributed by atoms with Crippen molar-refractivity contribution in [1.82, 2.24) is 15.6 Å². The van der Waals surface area contributed by atoms with Crippen molar-refractivity contribution in [1.29, 1.82) is 0 Å². The summed E-state index contributed by atoms with van der Waals surface area (Å²) in [6.45, 7) is 3.58. The van der Waals surface area contributed by atoms with E-state index in [9.17, 15) is 0 Å². The molecule has 1 aromatic carbocycles. The summed E-state index contributed by atoms with van der Waals surface area (Å²) >= 11 is 0. The number of hydrogen-bond acceptors (Lipinski definition) is 2. The third-order valence-electron chi connectivity index (χ3n) is 4.18. The maximum Gasteiger partial charge on any atom is 0.191 e. The van der Waals surface area contributed by atoms with E-state index >= 15 is 0 Å². The van der Waals surface area contributed by atoms with Crippen LogP contribution in [0.2, 0.25) is 0 Å². The summed E-state index contributed by atoms with van der Waals surface area (Å²) in [5.74, 6) is 0.907. The fraction of sp³-hybridized carbons (Fsp3) is 0.444. The average Bonchev–Trinajstić information content (AvgIpc) is 3.06. The van der Waals surface area contributed by atoms with Gasteiger partial charge >= 0.3 is 0 Å². The molecule has 0 unspecified atom stereocenters. The fourth-order valence-corrected chi connectivity index (χ4v) is 3.05. The number of guanidine groups is 1. The lowest BCUT2D eigenvalue weighted by Crippen LogP contribution is -2.42. The third-order valence-corrected chi connectivity index (χ3v) is 4.18. The van der Waals surface area contributed by atoms with Crippen molar-refractivity contribution in [2.24, 2.45) is 4.99 Å². The van der Waals surface area contributed by atoms with Crippen LogP contribution in [0.25, 0.3) is 10.8 Å². The van der Waals surface area contributed by atoms with Crippen molar-refractivity contribution >= 4 is 16.7 Å². The highest BCUT2D eigenvalue weighted by molar-refractivity contribution is 5.85. The monoisotopic (exact) mass is 296 g/mol. The molecule has 1 fully saturated rings. The van der Waals surface area contributed by atoms with Gasteiger partial charge in [-0.2, -0.15) is 0 Å². The van der Waals surface area contributed by atoms with Gasteiger partial charge in [0.1, 0.15) is 0 Å². The molecule has 0 amide bonds. The van der Waals surface area contributed by atoms with E-state index in [1.54, 1.807) is 0 Å². The van der Waals surface area contributed by atoms with E-state index in [0.29, 0.717) is 12.6 Å². The number of pyridine rings is 1. The zero-order valence-electron chi connectivity index (χ0n) is 13.2. The lowest BCUT2D eigenvalue weighted by molar-refractivity contribution is 0.613. The minimum Gasteiger partial charge on any atom is -0.357 e. The summed E-state index contributed by atoms with van der Waals surface area (Å²) in [5, 5.41) is 9.29. The highest BCUT2D eigenvalue weighted by Crippen LogP contribution is 2.18. The molecule has 22 heavy (non-hydrogen) atoms. The molecule has 116 valence electrons. The first kappa shape index (κ1) is 14.8. The first-order valence-electron chi connectivity index (χ1n) is 8.24. The molecule has 3 rings (SSSR count). The van der Waals surface area contributed by atoms with Crippen molar-refractivity contribution in [3.8, 4) is 0 Å². The molecule has 0 spiro atoms. The Bertz CT molecular complexity index is 639. The van der Waals surface area contributed by atoms with Gasteiger partial charge in [-0.3, -0.25) is 4.98 Å². The largest absolute Gasteiger partial charge is 0.357 e. The summed E-state index contributed by atoms with van der Waals surface area (Å²) in [7, 11) is 0. The van der Waals surface area contributed by atoms with Gasteiger partial charge in [0.15, 0.2) is 5.96 Å². The zero-order chi connectivity index (χ0) is 15.2. The van der Waals surface area contributed by atoms with Crippen LogP contribution in [0.15, 0.2) is 41.5 Å². The number of hydrogen-bond donors (Lipinski definition) is 2. The van der Waals surface area contributed by atoms with Gasteiger partial charge in [-0.05, 0) is 31.2 Å². The van der Waals surface area contributed by atoms with Crippen LogP contribution in [0.4, 0.5) is 0 Å². The second-order valence-corrected chi connectivity index (χ2v) is 5.80. The smallest absolute Gasteiger partial charge is 0.191 e. The first-order valence-corrected chi connectivity index (χ1v) is 8.24. The maximum absolute atomic E-state index is 4.73. The van der Waals surface area contributed by atoms with E-state index < -0.39 is 0 Å². The van der Waals surface area contributed by atoms with Crippen LogP contribution in [-0.4, -0.2) is 23.5 Å². The molecule has 0 radical (unpaired) electrons. The number of fused-ring (bicyclic) bond motifs is 1. The Kier molecular flexibility index (Phi) is 4.88. The van der Waals surface area contributed by atoms with Crippen molar-refractivity contribution in [2.75, 3.05) is 6.54 Å². The van der Waals surface area contributed by atoms with Crippen molar-refractivity contribution < 1.29 is 0 Å². The molecule has 2 N–H and O–H groups in total. The molecular weight excluding hydrogens is 272 g/mol. The summed E-state index contributed by atoms with van der Waals surface area (Å²) in [5.41, 5.74) is 1.03. The molecule has 0 atom stereocenters. The maximum atomic E-state index is 4.73. The van der Waals surface area contributed by atoms with Gasteiger partial charge in [-0.15, -0.1) is 0 Å². The minimum atomic E-state index is 0.568. The normalized spacial score (nSPS) is 16.1.